The number of amides is 1. The van der Waals surface area contributed by atoms with Gasteiger partial charge in [-0.15, -0.1) is 0 Å². The fourth-order valence-electron chi connectivity index (χ4n) is 2.71. The number of nitrogens with one attached hydrogen (secondary N) is 1. The molecular formula is C10H18N2O. The third-order valence-electron chi connectivity index (χ3n) is 3.64. The van der Waals surface area contributed by atoms with Crippen molar-refractivity contribution in [3.05, 3.63) is 0 Å². The molecule has 1 saturated carbocycles. The van der Waals surface area contributed by atoms with Crippen LogP contribution in [-0.2, 0) is 4.79 Å². The van der Waals surface area contributed by atoms with Crippen molar-refractivity contribution >= 4 is 5.91 Å². The molecule has 0 aromatic rings. The van der Waals surface area contributed by atoms with E-state index >= 15 is 0 Å². The van der Waals surface area contributed by atoms with E-state index in [2.05, 4.69) is 12.2 Å². The molecule has 0 aromatic heterocycles. The standard InChI is InChI=1S/C10H18N2O/c1-7-6-10(4-2-8(7)11)5-3-9(13)12-10/h7-8H,2-6,11H2,1H3,(H,12,13). The van der Waals surface area contributed by atoms with Crippen LogP contribution >= 0.6 is 0 Å². The Kier molecular flexibility index (Phi) is 2.06. The predicted octanol–water partition coefficient (Wildman–Crippen LogP) is 0.783. The fourth-order valence-corrected chi connectivity index (χ4v) is 2.71. The van der Waals surface area contributed by atoms with Crippen molar-refractivity contribution in [2.24, 2.45) is 11.7 Å². The van der Waals surface area contributed by atoms with E-state index in [1.807, 2.05) is 0 Å². The maximum atomic E-state index is 11.2. The van der Waals surface area contributed by atoms with Gasteiger partial charge in [-0.1, -0.05) is 6.92 Å². The Morgan fingerprint density at radius 2 is 2.31 bits per heavy atom. The molecule has 1 heterocycles. The van der Waals surface area contributed by atoms with E-state index in [0.717, 1.165) is 25.7 Å². The molecule has 3 N–H and O–H groups in total. The summed E-state index contributed by atoms with van der Waals surface area (Å²) in [5.41, 5.74) is 6.07. The van der Waals surface area contributed by atoms with Crippen LogP contribution in [-0.4, -0.2) is 17.5 Å². The van der Waals surface area contributed by atoms with Gasteiger partial charge in [0, 0.05) is 18.0 Å². The second kappa shape index (κ2) is 2.98. The van der Waals surface area contributed by atoms with Gasteiger partial charge in [0.25, 0.3) is 0 Å². The largest absolute Gasteiger partial charge is 0.351 e. The van der Waals surface area contributed by atoms with Gasteiger partial charge in [-0.25, -0.2) is 0 Å². The Balaban J connectivity index is 2.05. The average molecular weight is 182 g/mol. The first-order chi connectivity index (χ1) is 6.11. The summed E-state index contributed by atoms with van der Waals surface area (Å²) in [6, 6.07) is 0.336. The van der Waals surface area contributed by atoms with Crippen LogP contribution in [0.3, 0.4) is 0 Å². The molecule has 2 rings (SSSR count). The smallest absolute Gasteiger partial charge is 0.220 e. The van der Waals surface area contributed by atoms with Gasteiger partial charge in [0.1, 0.15) is 0 Å². The van der Waals surface area contributed by atoms with E-state index in [1.165, 1.54) is 0 Å². The molecule has 13 heavy (non-hydrogen) atoms. The van der Waals surface area contributed by atoms with Crippen molar-refractivity contribution in [1.29, 1.82) is 0 Å². The fraction of sp³-hybridized carbons (Fsp3) is 0.900. The zero-order valence-corrected chi connectivity index (χ0v) is 8.18. The van der Waals surface area contributed by atoms with Gasteiger partial charge in [-0.3, -0.25) is 4.79 Å². The molecule has 3 atom stereocenters. The summed E-state index contributed by atoms with van der Waals surface area (Å²) in [7, 11) is 0. The topological polar surface area (TPSA) is 55.1 Å². The summed E-state index contributed by atoms with van der Waals surface area (Å²) >= 11 is 0. The number of hydrogen-bond acceptors (Lipinski definition) is 2. The van der Waals surface area contributed by atoms with Crippen LogP contribution in [0.25, 0.3) is 0 Å². The second-order valence-electron chi connectivity index (χ2n) is 4.71. The van der Waals surface area contributed by atoms with E-state index in [-0.39, 0.29) is 11.4 Å². The summed E-state index contributed by atoms with van der Waals surface area (Å²) < 4.78 is 0. The van der Waals surface area contributed by atoms with E-state index in [1.54, 1.807) is 0 Å². The Morgan fingerprint density at radius 1 is 1.54 bits per heavy atom. The highest BCUT2D eigenvalue weighted by Gasteiger charge is 2.42. The molecule has 3 heteroatoms. The first-order valence-electron chi connectivity index (χ1n) is 5.18. The Morgan fingerprint density at radius 3 is 2.85 bits per heavy atom. The van der Waals surface area contributed by atoms with E-state index in [0.29, 0.717) is 18.4 Å². The zero-order valence-electron chi connectivity index (χ0n) is 8.18. The number of carbonyl (C=O) groups is 1. The Bertz CT molecular complexity index is 229. The van der Waals surface area contributed by atoms with Crippen molar-refractivity contribution in [3.63, 3.8) is 0 Å². The van der Waals surface area contributed by atoms with Crippen LogP contribution in [0.4, 0.5) is 0 Å². The molecule has 74 valence electrons. The third kappa shape index (κ3) is 1.57. The molecule has 2 fully saturated rings. The molecular weight excluding hydrogens is 164 g/mol. The van der Waals surface area contributed by atoms with E-state index < -0.39 is 0 Å². The molecule has 1 spiro atoms. The van der Waals surface area contributed by atoms with Gasteiger partial charge in [-0.05, 0) is 31.6 Å². The second-order valence-corrected chi connectivity index (χ2v) is 4.71. The van der Waals surface area contributed by atoms with Crippen molar-refractivity contribution in [3.8, 4) is 0 Å². The average Bonchev–Trinajstić information content (AvgIpc) is 2.42. The molecule has 1 amide bonds. The van der Waals surface area contributed by atoms with Crippen molar-refractivity contribution < 1.29 is 4.79 Å². The van der Waals surface area contributed by atoms with Gasteiger partial charge in [0.15, 0.2) is 0 Å². The Hall–Kier alpha value is -0.570. The number of rotatable bonds is 0. The van der Waals surface area contributed by atoms with Crippen LogP contribution in [0.15, 0.2) is 0 Å². The van der Waals surface area contributed by atoms with Gasteiger partial charge in [-0.2, -0.15) is 0 Å². The van der Waals surface area contributed by atoms with Crippen molar-refractivity contribution in [2.75, 3.05) is 0 Å². The minimum atomic E-state index is 0.117. The highest BCUT2D eigenvalue weighted by molar-refractivity contribution is 5.79. The maximum absolute atomic E-state index is 11.2. The van der Waals surface area contributed by atoms with Crippen LogP contribution in [0.5, 0.6) is 0 Å². The van der Waals surface area contributed by atoms with Gasteiger partial charge in [0.2, 0.25) is 5.91 Å². The molecule has 1 aliphatic heterocycles. The lowest BCUT2D eigenvalue weighted by Crippen LogP contribution is -2.50. The normalized spacial score (nSPS) is 45.2. The minimum Gasteiger partial charge on any atom is -0.351 e. The zero-order chi connectivity index (χ0) is 9.47. The number of hydrogen-bond donors (Lipinski definition) is 2. The summed E-state index contributed by atoms with van der Waals surface area (Å²) in [5, 5.41) is 3.13. The molecule has 2 aliphatic rings. The van der Waals surface area contributed by atoms with Crippen LogP contribution < -0.4 is 11.1 Å². The van der Waals surface area contributed by atoms with E-state index in [9.17, 15) is 4.79 Å². The van der Waals surface area contributed by atoms with Crippen LogP contribution in [0, 0.1) is 5.92 Å². The molecule has 3 nitrogen and oxygen atoms in total. The molecule has 0 bridgehead atoms. The molecule has 0 radical (unpaired) electrons. The lowest BCUT2D eigenvalue weighted by molar-refractivity contribution is -0.120. The number of nitrogens with two attached hydrogens (primary N) is 1. The SMILES string of the molecule is CC1CC2(CCC(=O)N2)CCC1N. The third-order valence-corrected chi connectivity index (χ3v) is 3.64. The summed E-state index contributed by atoms with van der Waals surface area (Å²) in [4.78, 5) is 11.2. The van der Waals surface area contributed by atoms with Gasteiger partial charge in [0.05, 0.1) is 0 Å². The first kappa shape index (κ1) is 9.00. The minimum absolute atomic E-state index is 0.117. The van der Waals surface area contributed by atoms with Gasteiger partial charge >= 0.3 is 0 Å². The van der Waals surface area contributed by atoms with Crippen molar-refractivity contribution in [1.82, 2.24) is 5.32 Å². The molecule has 1 aliphatic carbocycles. The Labute approximate surface area is 79.1 Å². The van der Waals surface area contributed by atoms with E-state index in [4.69, 9.17) is 5.73 Å². The molecule has 0 aromatic carbocycles. The van der Waals surface area contributed by atoms with Gasteiger partial charge < -0.3 is 11.1 Å². The lowest BCUT2D eigenvalue weighted by Gasteiger charge is -2.39. The first-order valence-corrected chi connectivity index (χ1v) is 5.18. The van der Waals surface area contributed by atoms with Crippen molar-refractivity contribution in [2.45, 2.75) is 50.6 Å². The summed E-state index contributed by atoms with van der Waals surface area (Å²) in [6.45, 7) is 2.19. The highest BCUT2D eigenvalue weighted by Crippen LogP contribution is 2.37. The summed E-state index contributed by atoms with van der Waals surface area (Å²) in [5.74, 6) is 0.773. The number of carbonyl (C=O) groups excluding carboxylic acids is 1. The lowest BCUT2D eigenvalue weighted by atomic mass is 9.73. The monoisotopic (exact) mass is 182 g/mol. The molecule has 1 saturated heterocycles. The molecule has 3 unspecified atom stereocenters. The van der Waals surface area contributed by atoms with Crippen LogP contribution in [0.1, 0.15) is 39.0 Å². The summed E-state index contributed by atoms with van der Waals surface area (Å²) in [6.07, 6.45) is 4.93. The predicted molar refractivity (Wildman–Crippen MR) is 51.1 cm³/mol. The van der Waals surface area contributed by atoms with Crippen LogP contribution in [0.2, 0.25) is 0 Å². The highest BCUT2D eigenvalue weighted by atomic mass is 16.2. The quantitative estimate of drug-likeness (QED) is 0.581. The maximum Gasteiger partial charge on any atom is 0.220 e.